The van der Waals surface area contributed by atoms with E-state index in [9.17, 15) is 14.4 Å². The Bertz CT molecular complexity index is 1400. The lowest BCUT2D eigenvalue weighted by atomic mass is 9.88. The zero-order valence-electron chi connectivity index (χ0n) is 19.3. The highest BCUT2D eigenvalue weighted by Crippen LogP contribution is 2.49. The zero-order chi connectivity index (χ0) is 25.0. The third-order valence-corrected chi connectivity index (χ3v) is 7.38. The highest BCUT2D eigenvalue weighted by molar-refractivity contribution is 6.30. The van der Waals surface area contributed by atoms with Crippen LogP contribution in [0.2, 0.25) is 5.02 Å². The van der Waals surface area contributed by atoms with Crippen LogP contribution in [0.4, 0.5) is 17.1 Å². The van der Waals surface area contributed by atoms with E-state index in [2.05, 4.69) is 5.32 Å². The predicted molar refractivity (Wildman–Crippen MR) is 138 cm³/mol. The molecule has 1 N–H and O–H groups in total. The van der Waals surface area contributed by atoms with Crippen LogP contribution < -0.4 is 19.9 Å². The largest absolute Gasteiger partial charge is 0.497 e. The van der Waals surface area contributed by atoms with E-state index in [4.69, 9.17) is 16.3 Å². The lowest BCUT2D eigenvalue weighted by Crippen LogP contribution is -2.50. The molecule has 0 aromatic heterocycles. The normalized spacial score (nSPS) is 23.8. The number of benzene rings is 3. The van der Waals surface area contributed by atoms with Crippen molar-refractivity contribution in [3.05, 3.63) is 89.5 Å². The number of carbonyl (C=O) groups excluding carboxylic acids is 3. The summed E-state index contributed by atoms with van der Waals surface area (Å²) in [7, 11) is 1.55. The molecule has 6 rings (SSSR count). The van der Waals surface area contributed by atoms with Crippen LogP contribution in [-0.2, 0) is 14.4 Å². The second-order valence-corrected chi connectivity index (χ2v) is 9.45. The number of para-hydroxylation sites is 1. The van der Waals surface area contributed by atoms with Gasteiger partial charge in [0.05, 0.1) is 30.7 Å². The van der Waals surface area contributed by atoms with Crippen molar-refractivity contribution in [2.45, 2.75) is 12.1 Å². The highest BCUT2D eigenvalue weighted by Gasteiger charge is 2.64. The Morgan fingerprint density at radius 2 is 1.61 bits per heavy atom. The average Bonchev–Trinajstić information content (AvgIpc) is 3.38. The molecule has 3 aliphatic rings. The number of carbonyl (C=O) groups is 3. The molecule has 0 bridgehead atoms. The fraction of sp³-hybridized carbons (Fsp3) is 0.179. The number of amides is 3. The number of nitrogens with one attached hydrogen (secondary N) is 1. The van der Waals surface area contributed by atoms with Crippen molar-refractivity contribution in [3.63, 3.8) is 0 Å². The van der Waals surface area contributed by atoms with Gasteiger partial charge in [-0.25, -0.2) is 4.90 Å². The number of fused-ring (bicyclic) bond motifs is 5. The first-order chi connectivity index (χ1) is 17.5. The molecule has 3 aromatic rings. The number of halogens is 1. The number of anilines is 3. The van der Waals surface area contributed by atoms with Crippen LogP contribution in [-0.4, -0.2) is 36.9 Å². The number of imide groups is 1. The van der Waals surface area contributed by atoms with E-state index in [1.165, 1.54) is 4.90 Å². The third kappa shape index (κ3) is 3.38. The van der Waals surface area contributed by atoms with Crippen LogP contribution >= 0.6 is 11.6 Å². The Balaban J connectivity index is 1.42. The molecule has 0 unspecified atom stereocenters. The number of rotatable bonds is 4. The summed E-state index contributed by atoms with van der Waals surface area (Å²) >= 11 is 6.00. The summed E-state index contributed by atoms with van der Waals surface area (Å²) in [5.74, 6) is -1.95. The van der Waals surface area contributed by atoms with Crippen LogP contribution in [0.5, 0.6) is 5.75 Å². The van der Waals surface area contributed by atoms with Crippen LogP contribution in [0.15, 0.2) is 78.9 Å². The Kier molecular flexibility index (Phi) is 5.30. The first-order valence-corrected chi connectivity index (χ1v) is 12.0. The fourth-order valence-electron chi connectivity index (χ4n) is 5.55. The van der Waals surface area contributed by atoms with E-state index in [0.717, 1.165) is 11.3 Å². The van der Waals surface area contributed by atoms with Gasteiger partial charge in [0.2, 0.25) is 17.7 Å². The molecular weight excluding hydrogens is 478 g/mol. The summed E-state index contributed by atoms with van der Waals surface area (Å²) in [4.78, 5) is 44.5. The Labute approximate surface area is 212 Å². The summed E-state index contributed by atoms with van der Waals surface area (Å²) < 4.78 is 5.21. The summed E-state index contributed by atoms with van der Waals surface area (Å²) in [6, 6.07) is 20.0. The lowest BCUT2D eigenvalue weighted by Gasteiger charge is -2.36. The van der Waals surface area contributed by atoms with Gasteiger partial charge in [-0.1, -0.05) is 42.0 Å². The van der Waals surface area contributed by atoms with Crippen LogP contribution in [0.1, 0.15) is 5.56 Å². The van der Waals surface area contributed by atoms with Gasteiger partial charge in [0.15, 0.2) is 0 Å². The van der Waals surface area contributed by atoms with E-state index < -0.39 is 23.9 Å². The average molecular weight is 500 g/mol. The predicted octanol–water partition coefficient (Wildman–Crippen LogP) is 4.38. The van der Waals surface area contributed by atoms with E-state index >= 15 is 0 Å². The molecule has 36 heavy (non-hydrogen) atoms. The molecule has 3 amide bonds. The number of hydrogen-bond acceptors (Lipinski definition) is 5. The van der Waals surface area contributed by atoms with E-state index in [1.54, 1.807) is 55.6 Å². The lowest BCUT2D eigenvalue weighted by molar-refractivity contribution is -0.126. The van der Waals surface area contributed by atoms with Crippen LogP contribution in [0, 0.1) is 11.8 Å². The van der Waals surface area contributed by atoms with Crippen molar-refractivity contribution in [1.29, 1.82) is 0 Å². The maximum Gasteiger partial charge on any atom is 0.247 e. The minimum atomic E-state index is -0.874. The summed E-state index contributed by atoms with van der Waals surface area (Å²) in [6.07, 6.45) is 3.89. The third-order valence-electron chi connectivity index (χ3n) is 7.13. The molecule has 0 radical (unpaired) electrons. The first-order valence-electron chi connectivity index (χ1n) is 11.6. The molecule has 0 saturated carbocycles. The number of ether oxygens (including phenoxy) is 1. The number of methoxy groups -OCH3 is 1. The quantitative estimate of drug-likeness (QED) is 0.539. The monoisotopic (exact) mass is 499 g/mol. The van der Waals surface area contributed by atoms with Gasteiger partial charge in [-0.3, -0.25) is 14.4 Å². The van der Waals surface area contributed by atoms with E-state index in [0.29, 0.717) is 22.1 Å². The molecule has 3 aromatic carbocycles. The van der Waals surface area contributed by atoms with Crippen LogP contribution in [0.25, 0.3) is 6.08 Å². The SMILES string of the molecule is COc1ccc(N2C(=O)[C@@H]3[C@@H](C2=O)[C@@H]2C=Cc4ccccc4N2[C@@H]3C(=O)Nc2ccc(Cl)cc2)cc1. The minimum Gasteiger partial charge on any atom is -0.497 e. The van der Waals surface area contributed by atoms with E-state index in [-0.39, 0.29) is 17.7 Å². The molecule has 0 aliphatic carbocycles. The highest BCUT2D eigenvalue weighted by atomic mass is 35.5. The minimum absolute atomic E-state index is 0.309. The summed E-state index contributed by atoms with van der Waals surface area (Å²) in [5, 5.41) is 3.48. The number of nitrogens with zero attached hydrogens (tertiary/aromatic N) is 2. The maximum atomic E-state index is 13.8. The molecule has 0 spiro atoms. The summed E-state index contributed by atoms with van der Waals surface area (Å²) in [6.45, 7) is 0. The number of hydrogen-bond donors (Lipinski definition) is 1. The Hall–Kier alpha value is -4.10. The van der Waals surface area contributed by atoms with Crippen molar-refractivity contribution < 1.29 is 19.1 Å². The van der Waals surface area contributed by atoms with Gasteiger partial charge in [0.25, 0.3) is 0 Å². The van der Waals surface area contributed by atoms with Crippen molar-refractivity contribution in [3.8, 4) is 5.75 Å². The maximum absolute atomic E-state index is 13.8. The smallest absolute Gasteiger partial charge is 0.247 e. The fourth-order valence-corrected chi connectivity index (χ4v) is 5.67. The molecule has 3 aliphatic heterocycles. The molecule has 2 saturated heterocycles. The van der Waals surface area contributed by atoms with Gasteiger partial charge in [-0.15, -0.1) is 0 Å². The Morgan fingerprint density at radius 1 is 0.917 bits per heavy atom. The standard InChI is InChI=1S/C28H22ClN3O4/c1-36-20-13-11-19(12-14-20)31-27(34)23-22-15-6-16-4-2-3-5-21(16)32(22)25(24(23)28(31)35)26(33)30-18-9-7-17(29)8-10-18/h2-15,22-25H,1H3,(H,30,33)/t22-,23-,24+,25-/m0/s1. The van der Waals surface area contributed by atoms with Crippen LogP contribution in [0.3, 0.4) is 0 Å². The molecule has 7 nitrogen and oxygen atoms in total. The van der Waals surface area contributed by atoms with E-state index in [1.807, 2.05) is 41.3 Å². The molecule has 8 heteroatoms. The topological polar surface area (TPSA) is 79.0 Å². The second-order valence-electron chi connectivity index (χ2n) is 9.02. The molecular formula is C28H22ClN3O4. The molecule has 3 heterocycles. The van der Waals surface area contributed by atoms with Gasteiger partial charge < -0.3 is 15.0 Å². The Morgan fingerprint density at radius 3 is 2.33 bits per heavy atom. The van der Waals surface area contributed by atoms with Gasteiger partial charge in [0, 0.05) is 16.4 Å². The van der Waals surface area contributed by atoms with Gasteiger partial charge in [0.1, 0.15) is 11.8 Å². The molecule has 2 fully saturated rings. The second kappa shape index (κ2) is 8.53. The summed E-state index contributed by atoms with van der Waals surface area (Å²) in [5.41, 5.74) is 2.79. The van der Waals surface area contributed by atoms with Gasteiger partial charge >= 0.3 is 0 Å². The first kappa shape index (κ1) is 22.4. The zero-order valence-corrected chi connectivity index (χ0v) is 20.1. The van der Waals surface area contributed by atoms with Crippen molar-refractivity contribution in [1.82, 2.24) is 0 Å². The van der Waals surface area contributed by atoms with Crippen molar-refractivity contribution >= 4 is 52.5 Å². The van der Waals surface area contributed by atoms with Crippen molar-refractivity contribution in [2.24, 2.45) is 11.8 Å². The van der Waals surface area contributed by atoms with Gasteiger partial charge in [-0.05, 0) is 60.2 Å². The molecule has 180 valence electrons. The molecule has 4 atom stereocenters. The van der Waals surface area contributed by atoms with Crippen molar-refractivity contribution in [2.75, 3.05) is 22.2 Å². The van der Waals surface area contributed by atoms with Gasteiger partial charge in [-0.2, -0.15) is 0 Å².